The fourth-order valence-corrected chi connectivity index (χ4v) is 2.06. The zero-order valence-electron chi connectivity index (χ0n) is 13.4. The van der Waals surface area contributed by atoms with Crippen LogP contribution in [0.1, 0.15) is 33.3 Å². The molecule has 0 spiro atoms. The van der Waals surface area contributed by atoms with Crippen molar-refractivity contribution in [2.24, 2.45) is 5.92 Å². The van der Waals surface area contributed by atoms with Gasteiger partial charge in [0.1, 0.15) is 0 Å². The van der Waals surface area contributed by atoms with Crippen molar-refractivity contribution in [2.45, 2.75) is 34.6 Å². The molecule has 0 aliphatic rings. The minimum Gasteiger partial charge on any atom is -0.341 e. The number of rotatable bonds is 4. The highest BCUT2D eigenvalue weighted by Gasteiger charge is 2.10. The molecule has 0 saturated heterocycles. The van der Waals surface area contributed by atoms with Crippen LogP contribution in [0.15, 0.2) is 54.6 Å². The molecule has 0 atom stereocenters. The molecule has 0 heterocycles. The highest BCUT2D eigenvalue weighted by atomic mass is 15.1. The van der Waals surface area contributed by atoms with Gasteiger partial charge in [-0.3, -0.25) is 0 Å². The molecule has 1 nitrogen and oxygen atoms in total. The van der Waals surface area contributed by atoms with Crippen molar-refractivity contribution in [3.63, 3.8) is 0 Å². The first-order valence-electron chi connectivity index (χ1n) is 7.56. The predicted molar refractivity (Wildman–Crippen MR) is 90.8 cm³/mol. The Balaban J connectivity index is 0.000000956. The van der Waals surface area contributed by atoms with Crippen LogP contribution in [0.2, 0.25) is 0 Å². The molecule has 108 valence electrons. The largest absolute Gasteiger partial charge is 0.341 e. The van der Waals surface area contributed by atoms with Crippen molar-refractivity contribution in [3.05, 3.63) is 60.2 Å². The molecule has 2 aromatic carbocycles. The Morgan fingerprint density at radius 3 is 1.80 bits per heavy atom. The lowest BCUT2D eigenvalue weighted by Gasteiger charge is -2.27. The summed E-state index contributed by atoms with van der Waals surface area (Å²) in [6.07, 6.45) is 0. The maximum Gasteiger partial charge on any atom is 0.0410 e. The topological polar surface area (TPSA) is 3.24 Å². The van der Waals surface area contributed by atoms with Gasteiger partial charge < -0.3 is 4.90 Å². The summed E-state index contributed by atoms with van der Waals surface area (Å²) in [6, 6.07) is 19.3. The van der Waals surface area contributed by atoms with Crippen LogP contribution in [0.3, 0.4) is 0 Å². The third-order valence-electron chi connectivity index (χ3n) is 2.96. The smallest absolute Gasteiger partial charge is 0.0410 e. The van der Waals surface area contributed by atoms with Crippen LogP contribution < -0.4 is 4.90 Å². The van der Waals surface area contributed by atoms with Crippen LogP contribution >= 0.6 is 0 Å². The number of para-hydroxylation sites is 1. The molecular formula is C19H27N. The van der Waals surface area contributed by atoms with E-state index in [9.17, 15) is 0 Å². The van der Waals surface area contributed by atoms with Crippen molar-refractivity contribution < 1.29 is 0 Å². The first-order valence-corrected chi connectivity index (χ1v) is 7.56. The van der Waals surface area contributed by atoms with Crippen molar-refractivity contribution in [3.8, 4) is 0 Å². The zero-order chi connectivity index (χ0) is 15.0. The van der Waals surface area contributed by atoms with Gasteiger partial charge in [-0.1, -0.05) is 63.6 Å². The summed E-state index contributed by atoms with van der Waals surface area (Å²) in [7, 11) is 0. The number of hydrogen-bond acceptors (Lipinski definition) is 1. The zero-order valence-corrected chi connectivity index (χ0v) is 13.4. The second kappa shape index (κ2) is 8.42. The van der Waals surface area contributed by atoms with Crippen molar-refractivity contribution in [1.29, 1.82) is 0 Å². The van der Waals surface area contributed by atoms with Crippen LogP contribution in [0.25, 0.3) is 0 Å². The van der Waals surface area contributed by atoms with Gasteiger partial charge in [-0.2, -0.15) is 0 Å². The van der Waals surface area contributed by atoms with Gasteiger partial charge in [0, 0.05) is 17.9 Å². The molecule has 0 radical (unpaired) electrons. The fraction of sp³-hybridized carbons (Fsp3) is 0.368. The fourth-order valence-electron chi connectivity index (χ4n) is 2.06. The molecule has 2 rings (SSSR count). The Morgan fingerprint density at radius 1 is 0.800 bits per heavy atom. The van der Waals surface area contributed by atoms with E-state index in [0.29, 0.717) is 5.92 Å². The van der Waals surface area contributed by atoms with E-state index < -0.39 is 0 Å². The molecule has 0 fully saturated rings. The highest BCUT2D eigenvalue weighted by Crippen LogP contribution is 2.26. The number of nitrogens with zero attached hydrogens (tertiary/aromatic N) is 1. The molecule has 0 bridgehead atoms. The highest BCUT2D eigenvalue weighted by molar-refractivity contribution is 5.63. The van der Waals surface area contributed by atoms with Crippen LogP contribution in [0, 0.1) is 12.8 Å². The minimum atomic E-state index is 0.631. The molecule has 2 aromatic rings. The van der Waals surface area contributed by atoms with E-state index >= 15 is 0 Å². The lowest BCUT2D eigenvalue weighted by atomic mass is 10.1. The van der Waals surface area contributed by atoms with Gasteiger partial charge >= 0.3 is 0 Å². The molecule has 0 aromatic heterocycles. The van der Waals surface area contributed by atoms with Crippen molar-refractivity contribution in [1.82, 2.24) is 0 Å². The van der Waals surface area contributed by atoms with Crippen molar-refractivity contribution in [2.75, 3.05) is 11.4 Å². The van der Waals surface area contributed by atoms with E-state index in [2.05, 4.69) is 80.3 Å². The Morgan fingerprint density at radius 2 is 1.30 bits per heavy atom. The molecular weight excluding hydrogens is 242 g/mol. The Bertz CT molecular complexity index is 471. The summed E-state index contributed by atoms with van der Waals surface area (Å²) in [5.41, 5.74) is 3.83. The minimum absolute atomic E-state index is 0.631. The lowest BCUT2D eigenvalue weighted by molar-refractivity contribution is 0.651. The summed E-state index contributed by atoms with van der Waals surface area (Å²) in [5.74, 6) is 0.631. The maximum absolute atomic E-state index is 2.38. The van der Waals surface area contributed by atoms with Gasteiger partial charge in [-0.15, -0.1) is 0 Å². The summed E-state index contributed by atoms with van der Waals surface area (Å²) in [5, 5.41) is 0. The monoisotopic (exact) mass is 269 g/mol. The molecule has 0 N–H and O–H groups in total. The van der Waals surface area contributed by atoms with E-state index in [1.807, 2.05) is 13.8 Å². The van der Waals surface area contributed by atoms with Crippen LogP contribution in [-0.4, -0.2) is 6.54 Å². The standard InChI is InChI=1S/C17H21N.C2H6/c1-14(2)13-18(16-7-5-4-6-8-16)17-11-9-15(3)10-12-17;1-2/h4-12,14H,13H2,1-3H3;1-2H3. The Hall–Kier alpha value is -1.76. The summed E-state index contributed by atoms with van der Waals surface area (Å²) >= 11 is 0. The predicted octanol–water partition coefficient (Wildman–Crippen LogP) is 5.82. The quantitative estimate of drug-likeness (QED) is 0.676. The molecule has 20 heavy (non-hydrogen) atoms. The van der Waals surface area contributed by atoms with E-state index in [0.717, 1.165) is 6.54 Å². The third-order valence-corrected chi connectivity index (χ3v) is 2.96. The van der Waals surface area contributed by atoms with Gasteiger partial charge in [0.25, 0.3) is 0 Å². The van der Waals surface area contributed by atoms with Gasteiger partial charge in [0.2, 0.25) is 0 Å². The van der Waals surface area contributed by atoms with Gasteiger partial charge in [0.15, 0.2) is 0 Å². The van der Waals surface area contributed by atoms with Crippen LogP contribution in [0.4, 0.5) is 11.4 Å². The third kappa shape index (κ3) is 4.73. The second-order valence-corrected chi connectivity index (χ2v) is 5.18. The molecule has 0 amide bonds. The Kier molecular flexibility index (Phi) is 6.86. The summed E-state index contributed by atoms with van der Waals surface area (Å²) in [4.78, 5) is 2.38. The van der Waals surface area contributed by atoms with Crippen LogP contribution in [-0.2, 0) is 0 Å². The Labute approximate surface area is 124 Å². The normalized spacial score (nSPS) is 9.90. The SMILES string of the molecule is CC.Cc1ccc(N(CC(C)C)c2ccccc2)cc1. The number of anilines is 2. The first kappa shape index (κ1) is 16.3. The average molecular weight is 269 g/mol. The molecule has 0 unspecified atom stereocenters. The second-order valence-electron chi connectivity index (χ2n) is 5.18. The van der Waals surface area contributed by atoms with E-state index in [4.69, 9.17) is 0 Å². The lowest BCUT2D eigenvalue weighted by Crippen LogP contribution is -2.22. The molecule has 0 aliphatic heterocycles. The van der Waals surface area contributed by atoms with E-state index in [1.54, 1.807) is 0 Å². The summed E-state index contributed by atoms with van der Waals surface area (Å²) < 4.78 is 0. The van der Waals surface area contributed by atoms with E-state index in [1.165, 1.54) is 16.9 Å². The number of aryl methyl sites for hydroxylation is 1. The van der Waals surface area contributed by atoms with Gasteiger partial charge in [0.05, 0.1) is 0 Å². The number of hydrogen-bond donors (Lipinski definition) is 0. The van der Waals surface area contributed by atoms with Gasteiger partial charge in [-0.05, 0) is 37.1 Å². The number of benzene rings is 2. The molecule has 0 aliphatic carbocycles. The van der Waals surface area contributed by atoms with Gasteiger partial charge in [-0.25, -0.2) is 0 Å². The summed E-state index contributed by atoms with van der Waals surface area (Å²) in [6.45, 7) is 11.7. The van der Waals surface area contributed by atoms with E-state index in [-0.39, 0.29) is 0 Å². The molecule has 1 heteroatoms. The van der Waals surface area contributed by atoms with Crippen LogP contribution in [0.5, 0.6) is 0 Å². The first-order chi connectivity index (χ1) is 9.66. The van der Waals surface area contributed by atoms with Crippen molar-refractivity contribution >= 4 is 11.4 Å². The average Bonchev–Trinajstić information content (AvgIpc) is 2.49. The molecule has 0 saturated carbocycles. The maximum atomic E-state index is 2.38.